The highest BCUT2D eigenvalue weighted by Crippen LogP contribution is 2.30. The Kier molecular flexibility index (Phi) is 4.77. The molecule has 2 unspecified atom stereocenters. The molecule has 1 aliphatic carbocycles. The molecule has 1 aliphatic rings. The van der Waals surface area contributed by atoms with Crippen LogP contribution in [0.3, 0.4) is 0 Å². The van der Waals surface area contributed by atoms with E-state index in [2.05, 4.69) is 17.6 Å². The Balaban J connectivity index is 2.08. The number of carbonyl (C=O) groups excluding carboxylic acids is 1. The molecule has 0 heterocycles. The first-order chi connectivity index (χ1) is 10.0. The molecule has 0 saturated heterocycles. The number of para-hydroxylation sites is 1. The molecule has 1 saturated carbocycles. The maximum absolute atomic E-state index is 12.3. The smallest absolute Gasteiger partial charge is 0.293 e. The van der Waals surface area contributed by atoms with Gasteiger partial charge >= 0.3 is 0 Å². The molecule has 114 valence electrons. The molecule has 0 spiro atoms. The Morgan fingerprint density at radius 1 is 1.43 bits per heavy atom. The quantitative estimate of drug-likeness (QED) is 0.645. The SMILES string of the molecule is CNc1c(C(=O)NCC2CCC(C)C2)cccc1[N+](=O)[O-]. The van der Waals surface area contributed by atoms with Crippen molar-refractivity contribution in [3.8, 4) is 0 Å². The maximum Gasteiger partial charge on any atom is 0.293 e. The predicted octanol–water partition coefficient (Wildman–Crippen LogP) is 2.80. The van der Waals surface area contributed by atoms with Crippen LogP contribution >= 0.6 is 0 Å². The molecule has 1 aromatic rings. The summed E-state index contributed by atoms with van der Waals surface area (Å²) in [5.41, 5.74) is 0.497. The number of nitro groups is 1. The molecule has 2 rings (SSSR count). The van der Waals surface area contributed by atoms with Gasteiger partial charge in [-0.3, -0.25) is 14.9 Å². The third-order valence-electron chi connectivity index (χ3n) is 4.09. The van der Waals surface area contributed by atoms with Crippen molar-refractivity contribution >= 4 is 17.3 Å². The van der Waals surface area contributed by atoms with Gasteiger partial charge in [0.25, 0.3) is 11.6 Å². The number of hydrogen-bond acceptors (Lipinski definition) is 4. The van der Waals surface area contributed by atoms with E-state index in [1.807, 2.05) is 0 Å². The van der Waals surface area contributed by atoms with E-state index in [-0.39, 0.29) is 17.3 Å². The molecule has 0 bridgehead atoms. The van der Waals surface area contributed by atoms with E-state index < -0.39 is 4.92 Å². The number of amides is 1. The third-order valence-corrected chi connectivity index (χ3v) is 4.09. The topological polar surface area (TPSA) is 84.3 Å². The van der Waals surface area contributed by atoms with E-state index in [9.17, 15) is 14.9 Å². The second kappa shape index (κ2) is 6.56. The van der Waals surface area contributed by atoms with Crippen molar-refractivity contribution in [1.29, 1.82) is 0 Å². The minimum Gasteiger partial charge on any atom is -0.382 e. The van der Waals surface area contributed by atoms with Crippen LogP contribution in [0.5, 0.6) is 0 Å². The Morgan fingerprint density at radius 2 is 2.19 bits per heavy atom. The van der Waals surface area contributed by atoms with Gasteiger partial charge in [0.15, 0.2) is 0 Å². The van der Waals surface area contributed by atoms with Crippen LogP contribution in [0.2, 0.25) is 0 Å². The van der Waals surface area contributed by atoms with Gasteiger partial charge in [0, 0.05) is 19.7 Å². The summed E-state index contributed by atoms with van der Waals surface area (Å²) in [7, 11) is 1.58. The lowest BCUT2D eigenvalue weighted by molar-refractivity contribution is -0.384. The highest BCUT2D eigenvalue weighted by molar-refractivity contribution is 6.01. The Hall–Kier alpha value is -2.11. The number of nitro benzene ring substituents is 1. The highest BCUT2D eigenvalue weighted by Gasteiger charge is 2.24. The molecule has 1 aromatic carbocycles. The highest BCUT2D eigenvalue weighted by atomic mass is 16.6. The van der Waals surface area contributed by atoms with Crippen molar-refractivity contribution in [3.05, 3.63) is 33.9 Å². The molecule has 0 aromatic heterocycles. The third kappa shape index (κ3) is 3.51. The first-order valence-electron chi connectivity index (χ1n) is 7.26. The van der Waals surface area contributed by atoms with Gasteiger partial charge in [-0.2, -0.15) is 0 Å². The zero-order chi connectivity index (χ0) is 15.4. The van der Waals surface area contributed by atoms with Crippen molar-refractivity contribution in [2.75, 3.05) is 18.9 Å². The monoisotopic (exact) mass is 291 g/mol. The molecule has 21 heavy (non-hydrogen) atoms. The second-order valence-corrected chi connectivity index (χ2v) is 5.70. The van der Waals surface area contributed by atoms with Crippen LogP contribution < -0.4 is 10.6 Å². The van der Waals surface area contributed by atoms with E-state index in [4.69, 9.17) is 0 Å². The van der Waals surface area contributed by atoms with Crippen LogP contribution in [0.4, 0.5) is 11.4 Å². The zero-order valence-corrected chi connectivity index (χ0v) is 12.4. The lowest BCUT2D eigenvalue weighted by Gasteiger charge is -2.13. The first kappa shape index (κ1) is 15.3. The van der Waals surface area contributed by atoms with E-state index in [0.29, 0.717) is 18.0 Å². The van der Waals surface area contributed by atoms with Crippen molar-refractivity contribution in [3.63, 3.8) is 0 Å². The van der Waals surface area contributed by atoms with Gasteiger partial charge in [-0.15, -0.1) is 0 Å². The zero-order valence-electron chi connectivity index (χ0n) is 12.4. The maximum atomic E-state index is 12.3. The fourth-order valence-corrected chi connectivity index (χ4v) is 2.99. The van der Waals surface area contributed by atoms with Crippen LogP contribution in [0.15, 0.2) is 18.2 Å². The average Bonchev–Trinajstić information content (AvgIpc) is 2.89. The minimum atomic E-state index is -0.485. The summed E-state index contributed by atoms with van der Waals surface area (Å²) in [6.07, 6.45) is 3.47. The number of hydrogen-bond donors (Lipinski definition) is 2. The molecular formula is C15H21N3O3. The summed E-state index contributed by atoms with van der Waals surface area (Å²) in [6, 6.07) is 4.53. The number of nitrogens with one attached hydrogen (secondary N) is 2. The van der Waals surface area contributed by atoms with Crippen LogP contribution in [-0.4, -0.2) is 24.4 Å². The summed E-state index contributed by atoms with van der Waals surface area (Å²) < 4.78 is 0. The summed E-state index contributed by atoms with van der Waals surface area (Å²) >= 11 is 0. The second-order valence-electron chi connectivity index (χ2n) is 5.70. The lowest BCUT2D eigenvalue weighted by Crippen LogP contribution is -2.29. The lowest BCUT2D eigenvalue weighted by atomic mass is 10.1. The largest absolute Gasteiger partial charge is 0.382 e. The standard InChI is InChI=1S/C15H21N3O3/c1-10-6-7-11(8-10)9-17-15(19)12-4-3-5-13(18(20)21)14(12)16-2/h3-5,10-11,16H,6-9H2,1-2H3,(H,17,19). The summed E-state index contributed by atoms with van der Waals surface area (Å²) in [4.78, 5) is 22.8. The molecule has 6 heteroatoms. The summed E-state index contributed by atoms with van der Waals surface area (Å²) in [5, 5.41) is 16.7. The molecule has 1 fully saturated rings. The van der Waals surface area contributed by atoms with Gasteiger partial charge in [0.1, 0.15) is 5.69 Å². The molecule has 2 atom stereocenters. The molecule has 1 amide bonds. The molecular weight excluding hydrogens is 270 g/mol. The molecule has 0 radical (unpaired) electrons. The minimum absolute atomic E-state index is 0.0837. The van der Waals surface area contributed by atoms with Gasteiger partial charge in [-0.1, -0.05) is 19.4 Å². The van der Waals surface area contributed by atoms with Crippen molar-refractivity contribution in [2.24, 2.45) is 11.8 Å². The number of carbonyl (C=O) groups is 1. The normalized spacial score (nSPS) is 21.0. The Morgan fingerprint density at radius 3 is 2.76 bits per heavy atom. The van der Waals surface area contributed by atoms with Crippen LogP contribution in [0.1, 0.15) is 36.5 Å². The average molecular weight is 291 g/mol. The number of benzene rings is 1. The van der Waals surface area contributed by atoms with E-state index in [1.54, 1.807) is 13.1 Å². The number of nitrogens with zero attached hydrogens (tertiary/aromatic N) is 1. The number of rotatable bonds is 5. The van der Waals surface area contributed by atoms with Gasteiger partial charge in [0.05, 0.1) is 10.5 Å². The van der Waals surface area contributed by atoms with E-state index in [1.165, 1.54) is 18.6 Å². The predicted molar refractivity (Wildman–Crippen MR) is 81.5 cm³/mol. The van der Waals surface area contributed by atoms with E-state index in [0.717, 1.165) is 18.8 Å². The van der Waals surface area contributed by atoms with Gasteiger partial charge < -0.3 is 10.6 Å². The molecule has 6 nitrogen and oxygen atoms in total. The Bertz CT molecular complexity index is 545. The van der Waals surface area contributed by atoms with Crippen LogP contribution in [-0.2, 0) is 0 Å². The molecule has 0 aliphatic heterocycles. The summed E-state index contributed by atoms with van der Waals surface area (Å²) in [5.74, 6) is 0.973. The fraction of sp³-hybridized carbons (Fsp3) is 0.533. The van der Waals surface area contributed by atoms with Crippen LogP contribution in [0, 0.1) is 22.0 Å². The molecule has 2 N–H and O–H groups in total. The van der Waals surface area contributed by atoms with Crippen molar-refractivity contribution in [2.45, 2.75) is 26.2 Å². The van der Waals surface area contributed by atoms with Crippen molar-refractivity contribution < 1.29 is 9.72 Å². The fourth-order valence-electron chi connectivity index (χ4n) is 2.99. The van der Waals surface area contributed by atoms with Crippen LogP contribution in [0.25, 0.3) is 0 Å². The van der Waals surface area contributed by atoms with Gasteiger partial charge in [-0.05, 0) is 30.7 Å². The summed E-state index contributed by atoms with van der Waals surface area (Å²) in [6.45, 7) is 2.86. The first-order valence-corrected chi connectivity index (χ1v) is 7.26. The number of anilines is 1. The van der Waals surface area contributed by atoms with Gasteiger partial charge in [0.2, 0.25) is 0 Å². The van der Waals surface area contributed by atoms with E-state index >= 15 is 0 Å². The Labute approximate surface area is 124 Å². The van der Waals surface area contributed by atoms with Crippen molar-refractivity contribution in [1.82, 2.24) is 5.32 Å². The van der Waals surface area contributed by atoms with Gasteiger partial charge in [-0.25, -0.2) is 0 Å².